The molecule has 8 heteroatoms. The number of carbonyl (C=O) groups excluding carboxylic acids is 1. The Morgan fingerprint density at radius 2 is 1.85 bits per heavy atom. The van der Waals surface area contributed by atoms with Crippen LogP contribution >= 0.6 is 22.9 Å². The molecular formula is C19H17ClN2O3S2. The number of benzene rings is 2. The molecule has 1 amide bonds. The van der Waals surface area contributed by atoms with Gasteiger partial charge in [-0.05, 0) is 41.3 Å². The van der Waals surface area contributed by atoms with Crippen LogP contribution in [0.2, 0.25) is 5.02 Å². The quantitative estimate of drug-likeness (QED) is 0.651. The molecule has 3 rings (SSSR count). The van der Waals surface area contributed by atoms with Gasteiger partial charge in [0.2, 0.25) is 0 Å². The fourth-order valence-corrected chi connectivity index (χ4v) is 4.85. The molecule has 27 heavy (non-hydrogen) atoms. The molecule has 0 fully saturated rings. The normalized spacial score (nSPS) is 11.2. The average molecular weight is 421 g/mol. The summed E-state index contributed by atoms with van der Waals surface area (Å²) in [6.45, 7) is 0.298. The van der Waals surface area contributed by atoms with E-state index in [0.717, 1.165) is 9.87 Å². The fraction of sp³-hybridized carbons (Fsp3) is 0.105. The fourth-order valence-electron chi connectivity index (χ4n) is 2.51. The minimum atomic E-state index is -3.75. The van der Waals surface area contributed by atoms with Crippen LogP contribution in [0.5, 0.6) is 0 Å². The van der Waals surface area contributed by atoms with Crippen LogP contribution < -0.4 is 9.62 Å². The van der Waals surface area contributed by atoms with Gasteiger partial charge in [0.1, 0.15) is 4.88 Å². The summed E-state index contributed by atoms with van der Waals surface area (Å²) in [5.41, 5.74) is 1.20. The smallest absolute Gasteiger partial charge is 0.264 e. The van der Waals surface area contributed by atoms with Crippen molar-refractivity contribution in [2.75, 3.05) is 11.4 Å². The SMILES string of the molecule is CN(c1ccsc1C(=O)NCc1cccc(Cl)c1)S(=O)(=O)c1ccccc1. The summed E-state index contributed by atoms with van der Waals surface area (Å²) in [5.74, 6) is -0.338. The van der Waals surface area contributed by atoms with Crippen LogP contribution in [-0.4, -0.2) is 21.4 Å². The summed E-state index contributed by atoms with van der Waals surface area (Å²) in [6, 6.07) is 16.9. The molecule has 0 saturated carbocycles. The first-order valence-electron chi connectivity index (χ1n) is 8.03. The van der Waals surface area contributed by atoms with Gasteiger partial charge in [-0.15, -0.1) is 11.3 Å². The average Bonchev–Trinajstić information content (AvgIpc) is 3.16. The highest BCUT2D eigenvalue weighted by Crippen LogP contribution is 2.29. The zero-order chi connectivity index (χ0) is 19.4. The first-order valence-corrected chi connectivity index (χ1v) is 10.7. The van der Waals surface area contributed by atoms with Crippen molar-refractivity contribution in [2.45, 2.75) is 11.4 Å². The maximum absolute atomic E-state index is 12.8. The van der Waals surface area contributed by atoms with Crippen LogP contribution in [0.4, 0.5) is 5.69 Å². The summed E-state index contributed by atoms with van der Waals surface area (Å²) in [6.07, 6.45) is 0. The third-order valence-corrected chi connectivity index (χ3v) is 6.86. The zero-order valence-electron chi connectivity index (χ0n) is 14.4. The molecule has 0 radical (unpaired) electrons. The van der Waals surface area contributed by atoms with E-state index in [4.69, 9.17) is 11.6 Å². The first-order chi connectivity index (χ1) is 12.9. The monoisotopic (exact) mass is 420 g/mol. The van der Waals surface area contributed by atoms with Crippen molar-refractivity contribution < 1.29 is 13.2 Å². The third kappa shape index (κ3) is 4.32. The van der Waals surface area contributed by atoms with Crippen molar-refractivity contribution >= 4 is 44.6 Å². The number of amides is 1. The number of sulfonamides is 1. The number of nitrogens with zero attached hydrogens (tertiary/aromatic N) is 1. The van der Waals surface area contributed by atoms with Crippen LogP contribution in [0.15, 0.2) is 70.9 Å². The molecule has 1 aromatic heterocycles. The van der Waals surface area contributed by atoms with Gasteiger partial charge in [-0.2, -0.15) is 0 Å². The van der Waals surface area contributed by atoms with E-state index < -0.39 is 10.0 Å². The topological polar surface area (TPSA) is 66.5 Å². The second-order valence-corrected chi connectivity index (χ2v) is 9.05. The standard InChI is InChI=1S/C19H17ClN2O3S2/c1-22(27(24,25)16-8-3-2-4-9-16)17-10-11-26-18(17)19(23)21-13-14-6-5-7-15(20)12-14/h2-12H,13H2,1H3,(H,21,23). The van der Waals surface area contributed by atoms with Gasteiger partial charge in [0.15, 0.2) is 0 Å². The lowest BCUT2D eigenvalue weighted by atomic mass is 10.2. The molecule has 3 aromatic rings. The molecule has 5 nitrogen and oxygen atoms in total. The first kappa shape index (κ1) is 19.4. The molecular weight excluding hydrogens is 404 g/mol. The van der Waals surface area contributed by atoms with E-state index in [0.29, 0.717) is 22.1 Å². The van der Waals surface area contributed by atoms with Crippen molar-refractivity contribution in [3.8, 4) is 0 Å². The predicted octanol–water partition coefficient (Wildman–Crippen LogP) is 4.16. The van der Waals surface area contributed by atoms with Crippen LogP contribution in [0.1, 0.15) is 15.2 Å². The van der Waals surface area contributed by atoms with E-state index in [2.05, 4.69) is 5.32 Å². The van der Waals surface area contributed by atoms with Crippen LogP contribution in [0, 0.1) is 0 Å². The number of hydrogen-bond acceptors (Lipinski definition) is 4. The minimum absolute atomic E-state index is 0.170. The molecule has 0 aliphatic carbocycles. The molecule has 0 aliphatic heterocycles. The maximum atomic E-state index is 12.8. The number of carbonyl (C=O) groups is 1. The van der Waals surface area contributed by atoms with Crippen molar-refractivity contribution in [2.24, 2.45) is 0 Å². The van der Waals surface area contributed by atoms with E-state index in [-0.39, 0.29) is 10.8 Å². The lowest BCUT2D eigenvalue weighted by Crippen LogP contribution is -2.29. The Labute approximate surface area is 167 Å². The highest BCUT2D eigenvalue weighted by Gasteiger charge is 2.25. The van der Waals surface area contributed by atoms with Gasteiger partial charge in [-0.1, -0.05) is 41.9 Å². The lowest BCUT2D eigenvalue weighted by Gasteiger charge is -2.19. The van der Waals surface area contributed by atoms with E-state index in [1.807, 2.05) is 6.07 Å². The second-order valence-electron chi connectivity index (χ2n) is 5.73. The number of hydrogen-bond donors (Lipinski definition) is 1. The lowest BCUT2D eigenvalue weighted by molar-refractivity contribution is 0.0955. The van der Waals surface area contributed by atoms with Crippen LogP contribution in [-0.2, 0) is 16.6 Å². The van der Waals surface area contributed by atoms with E-state index in [1.54, 1.807) is 47.8 Å². The summed E-state index contributed by atoms with van der Waals surface area (Å²) in [4.78, 5) is 13.1. The number of halogens is 1. The summed E-state index contributed by atoms with van der Waals surface area (Å²) in [7, 11) is -2.31. The van der Waals surface area contributed by atoms with E-state index >= 15 is 0 Å². The van der Waals surface area contributed by atoms with Gasteiger partial charge in [0, 0.05) is 18.6 Å². The van der Waals surface area contributed by atoms with Crippen molar-refractivity contribution in [1.82, 2.24) is 5.32 Å². The Hall–Kier alpha value is -2.35. The second kappa shape index (κ2) is 8.12. The molecule has 0 bridgehead atoms. The van der Waals surface area contributed by atoms with E-state index in [1.165, 1.54) is 30.5 Å². The predicted molar refractivity (Wildman–Crippen MR) is 109 cm³/mol. The molecule has 140 valence electrons. The molecule has 2 aromatic carbocycles. The number of thiophene rings is 1. The summed E-state index contributed by atoms with van der Waals surface area (Å²) in [5, 5.41) is 5.09. The highest BCUT2D eigenvalue weighted by molar-refractivity contribution is 7.92. The molecule has 1 heterocycles. The summed E-state index contributed by atoms with van der Waals surface area (Å²) >= 11 is 7.14. The van der Waals surface area contributed by atoms with Crippen molar-refractivity contribution in [3.63, 3.8) is 0 Å². The summed E-state index contributed by atoms with van der Waals surface area (Å²) < 4.78 is 26.7. The Kier molecular flexibility index (Phi) is 5.84. The van der Waals surface area contributed by atoms with Crippen LogP contribution in [0.3, 0.4) is 0 Å². The van der Waals surface area contributed by atoms with Gasteiger partial charge in [-0.25, -0.2) is 8.42 Å². The zero-order valence-corrected chi connectivity index (χ0v) is 16.8. The van der Waals surface area contributed by atoms with Gasteiger partial charge in [0.05, 0.1) is 10.6 Å². The van der Waals surface area contributed by atoms with Crippen molar-refractivity contribution in [1.29, 1.82) is 0 Å². The van der Waals surface area contributed by atoms with Crippen LogP contribution in [0.25, 0.3) is 0 Å². The number of nitrogens with one attached hydrogen (secondary N) is 1. The Balaban J connectivity index is 1.80. The molecule has 0 atom stereocenters. The van der Waals surface area contributed by atoms with Crippen molar-refractivity contribution in [3.05, 3.63) is 81.5 Å². The van der Waals surface area contributed by atoms with E-state index in [9.17, 15) is 13.2 Å². The third-order valence-electron chi connectivity index (χ3n) is 3.93. The largest absolute Gasteiger partial charge is 0.347 e. The van der Waals surface area contributed by atoms with Gasteiger partial charge in [-0.3, -0.25) is 9.10 Å². The van der Waals surface area contributed by atoms with Gasteiger partial charge < -0.3 is 5.32 Å². The Morgan fingerprint density at radius 1 is 1.11 bits per heavy atom. The minimum Gasteiger partial charge on any atom is -0.347 e. The van der Waals surface area contributed by atoms with Gasteiger partial charge in [0.25, 0.3) is 15.9 Å². The van der Waals surface area contributed by atoms with Gasteiger partial charge >= 0.3 is 0 Å². The molecule has 0 spiro atoms. The Morgan fingerprint density at radius 3 is 2.56 bits per heavy atom. The molecule has 1 N–H and O–H groups in total. The maximum Gasteiger partial charge on any atom is 0.264 e. The molecule has 0 aliphatic rings. The number of rotatable bonds is 6. The Bertz CT molecular complexity index is 1050. The molecule has 0 unspecified atom stereocenters. The number of anilines is 1. The highest BCUT2D eigenvalue weighted by atomic mass is 35.5. The molecule has 0 saturated heterocycles.